The van der Waals surface area contributed by atoms with Crippen LogP contribution in [0.1, 0.15) is 24.0 Å². The predicted molar refractivity (Wildman–Crippen MR) is 76.6 cm³/mol. The lowest BCUT2D eigenvalue weighted by atomic mass is 9.89. The number of aryl methyl sites for hydroxylation is 1. The van der Waals surface area contributed by atoms with Crippen molar-refractivity contribution in [1.29, 1.82) is 0 Å². The number of aromatic amines is 1. The first kappa shape index (κ1) is 12.4. The van der Waals surface area contributed by atoms with Crippen LogP contribution in [0.4, 0.5) is 5.82 Å². The molecule has 0 radical (unpaired) electrons. The SMILES string of the molecule is COc1c(-c2cc(N)n[nH]2)cc2c(c1Cl)CCCC2. The summed E-state index contributed by atoms with van der Waals surface area (Å²) >= 11 is 6.50. The Hall–Kier alpha value is -1.68. The summed E-state index contributed by atoms with van der Waals surface area (Å²) in [5.74, 6) is 1.16. The number of fused-ring (bicyclic) bond motifs is 1. The average Bonchev–Trinajstić information content (AvgIpc) is 2.85. The average molecular weight is 278 g/mol. The van der Waals surface area contributed by atoms with Gasteiger partial charge >= 0.3 is 0 Å². The van der Waals surface area contributed by atoms with E-state index in [1.54, 1.807) is 13.2 Å². The monoisotopic (exact) mass is 277 g/mol. The molecule has 1 aliphatic rings. The van der Waals surface area contributed by atoms with Gasteiger partial charge < -0.3 is 10.5 Å². The largest absolute Gasteiger partial charge is 0.494 e. The van der Waals surface area contributed by atoms with Gasteiger partial charge in [0.1, 0.15) is 11.6 Å². The number of benzene rings is 1. The number of nitrogens with two attached hydrogens (primary N) is 1. The van der Waals surface area contributed by atoms with E-state index in [-0.39, 0.29) is 0 Å². The lowest BCUT2D eigenvalue weighted by Gasteiger charge is -2.21. The topological polar surface area (TPSA) is 63.9 Å². The van der Waals surface area contributed by atoms with Crippen LogP contribution >= 0.6 is 11.6 Å². The number of aromatic nitrogens is 2. The number of halogens is 1. The van der Waals surface area contributed by atoms with Crippen LogP contribution in [-0.4, -0.2) is 17.3 Å². The lowest BCUT2D eigenvalue weighted by Crippen LogP contribution is -2.05. The summed E-state index contributed by atoms with van der Waals surface area (Å²) in [5, 5.41) is 7.61. The van der Waals surface area contributed by atoms with E-state index in [1.165, 1.54) is 24.0 Å². The van der Waals surface area contributed by atoms with Crippen LogP contribution in [0.15, 0.2) is 12.1 Å². The van der Waals surface area contributed by atoms with Crippen molar-refractivity contribution in [2.45, 2.75) is 25.7 Å². The quantitative estimate of drug-likeness (QED) is 0.886. The van der Waals surface area contributed by atoms with E-state index in [9.17, 15) is 0 Å². The maximum atomic E-state index is 6.50. The van der Waals surface area contributed by atoms with Gasteiger partial charge in [-0.05, 0) is 42.9 Å². The van der Waals surface area contributed by atoms with Crippen LogP contribution in [0.3, 0.4) is 0 Å². The molecule has 100 valence electrons. The molecule has 1 aliphatic carbocycles. The van der Waals surface area contributed by atoms with Crippen LogP contribution in [-0.2, 0) is 12.8 Å². The van der Waals surface area contributed by atoms with Crippen LogP contribution in [0.5, 0.6) is 5.75 Å². The summed E-state index contributed by atoms with van der Waals surface area (Å²) < 4.78 is 5.49. The number of methoxy groups -OCH3 is 1. The third kappa shape index (κ3) is 2.06. The first-order valence-corrected chi connectivity index (χ1v) is 6.78. The van der Waals surface area contributed by atoms with Crippen molar-refractivity contribution >= 4 is 17.4 Å². The van der Waals surface area contributed by atoms with Gasteiger partial charge in [-0.15, -0.1) is 0 Å². The maximum Gasteiger partial charge on any atom is 0.147 e. The Kier molecular flexibility index (Phi) is 3.11. The van der Waals surface area contributed by atoms with Crippen molar-refractivity contribution in [3.63, 3.8) is 0 Å². The smallest absolute Gasteiger partial charge is 0.147 e. The number of rotatable bonds is 2. The van der Waals surface area contributed by atoms with Crippen molar-refractivity contribution in [2.75, 3.05) is 12.8 Å². The molecule has 1 aromatic heterocycles. The molecule has 3 rings (SSSR count). The Bertz CT molecular complexity index is 621. The van der Waals surface area contributed by atoms with Crippen LogP contribution in [0, 0.1) is 0 Å². The Labute approximate surface area is 116 Å². The Morgan fingerprint density at radius 2 is 2.11 bits per heavy atom. The highest BCUT2D eigenvalue weighted by Crippen LogP contribution is 2.42. The van der Waals surface area contributed by atoms with E-state index in [0.717, 1.165) is 29.1 Å². The second-order valence-corrected chi connectivity index (χ2v) is 5.20. The lowest BCUT2D eigenvalue weighted by molar-refractivity contribution is 0.415. The Morgan fingerprint density at radius 1 is 1.32 bits per heavy atom. The van der Waals surface area contributed by atoms with Gasteiger partial charge in [0.05, 0.1) is 17.8 Å². The number of anilines is 1. The maximum absolute atomic E-state index is 6.50. The number of nitrogen functional groups attached to an aromatic ring is 1. The fourth-order valence-electron chi connectivity index (χ4n) is 2.71. The standard InChI is InChI=1S/C14H16ClN3O/c1-19-14-10(11-7-12(16)18-17-11)6-8-4-2-3-5-9(8)13(14)15/h6-7H,2-5H2,1H3,(H3,16,17,18). The van der Waals surface area contributed by atoms with Gasteiger partial charge in [-0.25, -0.2) is 0 Å². The van der Waals surface area contributed by atoms with E-state index >= 15 is 0 Å². The summed E-state index contributed by atoms with van der Waals surface area (Å²) in [5.41, 5.74) is 9.96. The minimum absolute atomic E-state index is 0.464. The molecule has 5 heteroatoms. The Morgan fingerprint density at radius 3 is 2.79 bits per heavy atom. The van der Waals surface area contributed by atoms with Gasteiger partial charge in [-0.2, -0.15) is 5.10 Å². The normalized spacial score (nSPS) is 14.2. The van der Waals surface area contributed by atoms with E-state index in [4.69, 9.17) is 22.1 Å². The molecule has 1 heterocycles. The second-order valence-electron chi connectivity index (χ2n) is 4.82. The molecule has 0 unspecified atom stereocenters. The van der Waals surface area contributed by atoms with Gasteiger partial charge in [0, 0.05) is 11.6 Å². The number of hydrogen-bond acceptors (Lipinski definition) is 3. The summed E-state index contributed by atoms with van der Waals surface area (Å²) in [4.78, 5) is 0. The fourth-order valence-corrected chi connectivity index (χ4v) is 3.10. The van der Waals surface area contributed by atoms with E-state index in [1.807, 2.05) is 0 Å². The van der Waals surface area contributed by atoms with Crippen molar-refractivity contribution in [3.8, 4) is 17.0 Å². The molecule has 0 fully saturated rings. The van der Waals surface area contributed by atoms with Gasteiger partial charge in [-0.3, -0.25) is 5.10 Å². The zero-order valence-corrected chi connectivity index (χ0v) is 11.5. The van der Waals surface area contributed by atoms with Crippen LogP contribution < -0.4 is 10.5 Å². The number of ether oxygens (including phenoxy) is 1. The molecule has 0 spiro atoms. The minimum atomic E-state index is 0.464. The number of nitrogens with one attached hydrogen (secondary N) is 1. The van der Waals surface area contributed by atoms with Crippen molar-refractivity contribution in [3.05, 3.63) is 28.3 Å². The molecule has 0 atom stereocenters. The number of H-pyrrole nitrogens is 1. The van der Waals surface area contributed by atoms with Gasteiger partial charge in [0.2, 0.25) is 0 Å². The molecule has 0 aliphatic heterocycles. The molecule has 2 aromatic rings. The zero-order valence-electron chi connectivity index (χ0n) is 10.8. The van der Waals surface area contributed by atoms with Crippen molar-refractivity contribution in [1.82, 2.24) is 10.2 Å². The molecule has 0 bridgehead atoms. The summed E-state index contributed by atoms with van der Waals surface area (Å²) in [7, 11) is 1.64. The summed E-state index contributed by atoms with van der Waals surface area (Å²) in [6.07, 6.45) is 4.48. The molecular weight excluding hydrogens is 262 g/mol. The van der Waals surface area contributed by atoms with Gasteiger partial charge in [-0.1, -0.05) is 11.6 Å². The number of hydrogen-bond donors (Lipinski definition) is 2. The van der Waals surface area contributed by atoms with E-state index in [0.29, 0.717) is 11.6 Å². The van der Waals surface area contributed by atoms with Gasteiger partial charge in [0.25, 0.3) is 0 Å². The molecule has 4 nitrogen and oxygen atoms in total. The van der Waals surface area contributed by atoms with E-state index < -0.39 is 0 Å². The molecule has 0 saturated heterocycles. The molecule has 1 aromatic carbocycles. The molecule has 19 heavy (non-hydrogen) atoms. The highest BCUT2D eigenvalue weighted by Gasteiger charge is 2.21. The number of nitrogens with zero attached hydrogens (tertiary/aromatic N) is 1. The highest BCUT2D eigenvalue weighted by molar-refractivity contribution is 6.33. The van der Waals surface area contributed by atoms with Crippen molar-refractivity contribution < 1.29 is 4.74 Å². The highest BCUT2D eigenvalue weighted by atomic mass is 35.5. The molecular formula is C14H16ClN3O. The summed E-state index contributed by atoms with van der Waals surface area (Å²) in [6.45, 7) is 0. The fraction of sp³-hybridized carbons (Fsp3) is 0.357. The van der Waals surface area contributed by atoms with Gasteiger partial charge in [0.15, 0.2) is 0 Å². The predicted octanol–water partition coefficient (Wildman–Crippen LogP) is 3.20. The molecule has 0 saturated carbocycles. The Balaban J connectivity index is 2.21. The third-order valence-electron chi connectivity index (χ3n) is 3.63. The van der Waals surface area contributed by atoms with Crippen molar-refractivity contribution in [2.24, 2.45) is 0 Å². The van der Waals surface area contributed by atoms with E-state index in [2.05, 4.69) is 16.3 Å². The first-order valence-electron chi connectivity index (χ1n) is 6.40. The minimum Gasteiger partial charge on any atom is -0.494 e. The second kappa shape index (κ2) is 4.78. The first-order chi connectivity index (χ1) is 9.20. The molecule has 3 N–H and O–H groups in total. The van der Waals surface area contributed by atoms with Crippen LogP contribution in [0.25, 0.3) is 11.3 Å². The summed E-state index contributed by atoms with van der Waals surface area (Å²) in [6, 6.07) is 3.94. The third-order valence-corrected chi connectivity index (χ3v) is 4.03. The van der Waals surface area contributed by atoms with Crippen LogP contribution in [0.2, 0.25) is 5.02 Å². The molecule has 0 amide bonds. The zero-order chi connectivity index (χ0) is 13.4.